The fourth-order valence-electron chi connectivity index (χ4n) is 0.761. The van der Waals surface area contributed by atoms with Gasteiger partial charge >= 0.3 is 92.9 Å². The third kappa shape index (κ3) is 9.87. The Bertz CT molecular complexity index is 149. The Hall–Kier alpha value is 1.58. The minimum atomic E-state index is -1.24. The van der Waals surface area contributed by atoms with Gasteiger partial charge in [-0.05, 0) is 6.42 Å². The summed E-state index contributed by atoms with van der Waals surface area (Å²) in [7, 11) is 0. The second-order valence-electron chi connectivity index (χ2n) is 2.37. The predicted octanol–water partition coefficient (Wildman–Crippen LogP) is -0.335. The molecule has 0 aliphatic carbocycles. The summed E-state index contributed by atoms with van der Waals surface area (Å²) < 4.78 is 0. The number of carbonyl (C=O) groups is 2. The van der Waals surface area contributed by atoms with Crippen LogP contribution >= 0.6 is 0 Å². The van der Waals surface area contributed by atoms with Crippen molar-refractivity contribution in [3.63, 3.8) is 0 Å². The first kappa shape index (κ1) is 20.0. The molecule has 0 fully saturated rings. The van der Waals surface area contributed by atoms with E-state index in [1.165, 1.54) is 0 Å². The molecular weight excluding hydrogens is 210 g/mol. The standard InChI is InChI=1S/C7H12O4.K.Na.2H/c1-2-3-4-5(6(8)9)7(10)11;;;;/h5H,2-4H2,1H3,(H,8,9)(H,10,11);;;;. The summed E-state index contributed by atoms with van der Waals surface area (Å²) in [6.07, 6.45) is 1.68. The van der Waals surface area contributed by atoms with Gasteiger partial charge in [0, 0.05) is 0 Å². The van der Waals surface area contributed by atoms with Crippen LogP contribution in [0.4, 0.5) is 0 Å². The molecule has 2 N–H and O–H groups in total. The van der Waals surface area contributed by atoms with E-state index in [4.69, 9.17) is 10.2 Å². The van der Waals surface area contributed by atoms with Crippen LogP contribution in [0.1, 0.15) is 26.2 Å². The monoisotopic (exact) mass is 224 g/mol. The van der Waals surface area contributed by atoms with Gasteiger partial charge in [-0.1, -0.05) is 19.8 Å². The summed E-state index contributed by atoms with van der Waals surface area (Å²) in [4.78, 5) is 20.5. The van der Waals surface area contributed by atoms with E-state index < -0.39 is 17.9 Å². The summed E-state index contributed by atoms with van der Waals surface area (Å²) in [6.45, 7) is 1.89. The number of hydrogen-bond acceptors (Lipinski definition) is 2. The fourth-order valence-corrected chi connectivity index (χ4v) is 0.761. The minimum absolute atomic E-state index is 0. The summed E-state index contributed by atoms with van der Waals surface area (Å²) >= 11 is 0. The summed E-state index contributed by atoms with van der Waals surface area (Å²) in [5, 5.41) is 16.8. The van der Waals surface area contributed by atoms with Crippen molar-refractivity contribution < 1.29 is 19.8 Å². The Kier molecular flexibility index (Phi) is 18.0. The summed E-state index contributed by atoms with van der Waals surface area (Å²) in [6, 6.07) is 0. The molecule has 0 bridgehead atoms. The van der Waals surface area contributed by atoms with E-state index in [9.17, 15) is 9.59 Å². The van der Waals surface area contributed by atoms with Crippen molar-refractivity contribution in [3.05, 3.63) is 0 Å². The second-order valence-corrected chi connectivity index (χ2v) is 2.37. The molecule has 0 aliphatic rings. The molecule has 0 saturated heterocycles. The van der Waals surface area contributed by atoms with Crippen LogP contribution in [0.25, 0.3) is 0 Å². The number of unbranched alkanes of at least 4 members (excludes halogenated alkanes) is 1. The SMILES string of the molecule is CCCCC(C(=O)O)C(=O)O.[KH].[NaH]. The molecule has 0 aromatic rings. The van der Waals surface area contributed by atoms with E-state index in [1.807, 2.05) is 6.92 Å². The quantitative estimate of drug-likeness (QED) is 0.495. The third-order valence-corrected chi connectivity index (χ3v) is 1.44. The van der Waals surface area contributed by atoms with Gasteiger partial charge in [-0.3, -0.25) is 9.59 Å². The first-order valence-electron chi connectivity index (χ1n) is 3.55. The van der Waals surface area contributed by atoms with Crippen molar-refractivity contribution >= 4 is 92.9 Å². The van der Waals surface area contributed by atoms with Gasteiger partial charge in [0.05, 0.1) is 0 Å². The van der Waals surface area contributed by atoms with Crippen LogP contribution in [0.2, 0.25) is 0 Å². The van der Waals surface area contributed by atoms with Crippen LogP contribution in [0.5, 0.6) is 0 Å². The topological polar surface area (TPSA) is 74.6 Å². The zero-order valence-corrected chi connectivity index (χ0v) is 6.41. The number of carboxylic acid groups (broad SMARTS) is 2. The van der Waals surface area contributed by atoms with E-state index in [2.05, 4.69) is 0 Å². The zero-order valence-electron chi connectivity index (χ0n) is 6.41. The van der Waals surface area contributed by atoms with Gasteiger partial charge in [-0.25, -0.2) is 0 Å². The van der Waals surface area contributed by atoms with Gasteiger partial charge in [0.1, 0.15) is 0 Å². The predicted molar refractivity (Wildman–Crippen MR) is 52.6 cm³/mol. The average Bonchev–Trinajstić information content (AvgIpc) is 1.87. The molecule has 0 spiro atoms. The molecule has 6 heteroatoms. The first-order chi connectivity index (χ1) is 5.09. The maximum atomic E-state index is 10.3. The van der Waals surface area contributed by atoms with E-state index in [0.717, 1.165) is 6.42 Å². The van der Waals surface area contributed by atoms with Crippen molar-refractivity contribution in [3.8, 4) is 0 Å². The van der Waals surface area contributed by atoms with Crippen molar-refractivity contribution in [2.75, 3.05) is 0 Å². The Balaban J connectivity index is -0.000000500. The van der Waals surface area contributed by atoms with Gasteiger partial charge in [0.2, 0.25) is 0 Å². The van der Waals surface area contributed by atoms with E-state index in [1.54, 1.807) is 0 Å². The molecule has 0 unspecified atom stereocenters. The molecule has 4 nitrogen and oxygen atoms in total. The number of rotatable bonds is 5. The summed E-state index contributed by atoms with van der Waals surface area (Å²) in [5.74, 6) is -3.72. The second kappa shape index (κ2) is 11.7. The molecule has 0 aliphatic heterocycles. The van der Waals surface area contributed by atoms with Crippen LogP contribution in [0, 0.1) is 5.92 Å². The van der Waals surface area contributed by atoms with Crippen molar-refractivity contribution in [1.29, 1.82) is 0 Å². The Morgan fingerprint density at radius 2 is 1.62 bits per heavy atom. The summed E-state index contributed by atoms with van der Waals surface area (Å²) in [5.41, 5.74) is 0. The molecule has 0 rings (SSSR count). The molecule has 0 aromatic carbocycles. The van der Waals surface area contributed by atoms with E-state index in [-0.39, 0.29) is 87.4 Å². The van der Waals surface area contributed by atoms with E-state index in [0.29, 0.717) is 6.42 Å². The zero-order chi connectivity index (χ0) is 8.85. The molecule has 0 aromatic heterocycles. The van der Waals surface area contributed by atoms with Gasteiger partial charge in [0.15, 0.2) is 5.92 Å². The van der Waals surface area contributed by atoms with Crippen LogP contribution in [0.3, 0.4) is 0 Å². The van der Waals surface area contributed by atoms with Gasteiger partial charge in [-0.15, -0.1) is 0 Å². The van der Waals surface area contributed by atoms with Gasteiger partial charge in [-0.2, -0.15) is 0 Å². The van der Waals surface area contributed by atoms with Crippen LogP contribution in [-0.4, -0.2) is 103 Å². The Morgan fingerprint density at radius 1 is 1.23 bits per heavy atom. The van der Waals surface area contributed by atoms with Crippen molar-refractivity contribution in [2.24, 2.45) is 5.92 Å². The molecule has 0 heterocycles. The molecule has 13 heavy (non-hydrogen) atoms. The van der Waals surface area contributed by atoms with Crippen LogP contribution < -0.4 is 0 Å². The van der Waals surface area contributed by atoms with Crippen molar-refractivity contribution in [1.82, 2.24) is 0 Å². The maximum absolute atomic E-state index is 10.3. The van der Waals surface area contributed by atoms with Gasteiger partial charge < -0.3 is 10.2 Å². The molecule has 0 saturated carbocycles. The molecule has 0 radical (unpaired) electrons. The number of aliphatic carboxylic acids is 2. The number of hydrogen-bond donors (Lipinski definition) is 2. The average molecular weight is 224 g/mol. The van der Waals surface area contributed by atoms with E-state index >= 15 is 0 Å². The van der Waals surface area contributed by atoms with Crippen LogP contribution in [0.15, 0.2) is 0 Å². The van der Waals surface area contributed by atoms with Crippen molar-refractivity contribution in [2.45, 2.75) is 26.2 Å². The molecule has 0 amide bonds. The Morgan fingerprint density at radius 3 is 1.85 bits per heavy atom. The molecule has 0 atom stereocenters. The van der Waals surface area contributed by atoms with Gasteiger partial charge in [0.25, 0.3) is 0 Å². The molecular formula is C7H14KNaO4. The normalized spacial score (nSPS) is 8.46. The van der Waals surface area contributed by atoms with Crippen LogP contribution in [-0.2, 0) is 9.59 Å². The number of carboxylic acids is 2. The molecule has 68 valence electrons. The first-order valence-corrected chi connectivity index (χ1v) is 3.55. The Labute approximate surface area is 142 Å². The fraction of sp³-hybridized carbons (Fsp3) is 0.714. The third-order valence-electron chi connectivity index (χ3n) is 1.44.